The number of carbonyl (C=O) groups excluding carboxylic acids is 2. The maximum absolute atomic E-state index is 13.3. The van der Waals surface area contributed by atoms with Gasteiger partial charge in [-0.05, 0) is 58.2 Å². The first-order valence-electron chi connectivity index (χ1n) is 12.3. The van der Waals surface area contributed by atoms with Crippen molar-refractivity contribution in [3.63, 3.8) is 0 Å². The number of anilines is 1. The first-order chi connectivity index (χ1) is 15.5. The average molecular weight is 443 g/mol. The average Bonchev–Trinajstić information content (AvgIpc) is 2.84. The van der Waals surface area contributed by atoms with Gasteiger partial charge < -0.3 is 20.0 Å². The number of likely N-dealkylation sites (tertiary alicyclic amines) is 2. The molecule has 0 saturated carbocycles. The second kappa shape index (κ2) is 10.5. The second-order valence-electron chi connectivity index (χ2n) is 9.34. The van der Waals surface area contributed by atoms with E-state index in [0.717, 1.165) is 89.6 Å². The maximum Gasteiger partial charge on any atom is 0.317 e. The Balaban J connectivity index is 1.26. The van der Waals surface area contributed by atoms with Crippen LogP contribution in [-0.4, -0.2) is 96.6 Å². The van der Waals surface area contributed by atoms with Gasteiger partial charge in [-0.15, -0.1) is 0 Å². The zero-order valence-electron chi connectivity index (χ0n) is 19.6. The predicted octanol–water partition coefficient (Wildman–Crippen LogP) is 1.94. The number of urea groups is 1. The van der Waals surface area contributed by atoms with Crippen molar-refractivity contribution in [3.8, 4) is 0 Å². The summed E-state index contributed by atoms with van der Waals surface area (Å²) in [6.45, 7) is 11.4. The minimum absolute atomic E-state index is 0.0534. The summed E-state index contributed by atoms with van der Waals surface area (Å²) < 4.78 is 0. The molecule has 8 heteroatoms. The van der Waals surface area contributed by atoms with E-state index in [2.05, 4.69) is 31.1 Å². The highest BCUT2D eigenvalue weighted by molar-refractivity contribution is 5.79. The summed E-state index contributed by atoms with van der Waals surface area (Å²) >= 11 is 0. The number of carbonyl (C=O) groups is 2. The quantitative estimate of drug-likeness (QED) is 0.772. The number of pyridine rings is 1. The van der Waals surface area contributed by atoms with Crippen molar-refractivity contribution >= 4 is 17.8 Å². The molecule has 32 heavy (non-hydrogen) atoms. The SMILES string of the molecule is CCNC(=O)N1CCC(N2CCCC(C(=O)N3CCN(c4cccc(C)n4)CC3)C2)CC1. The van der Waals surface area contributed by atoms with Crippen LogP contribution in [0.5, 0.6) is 0 Å². The fourth-order valence-electron chi connectivity index (χ4n) is 5.36. The molecule has 3 fully saturated rings. The monoisotopic (exact) mass is 442 g/mol. The minimum atomic E-state index is 0.0534. The molecule has 0 aliphatic carbocycles. The molecule has 4 rings (SSSR count). The van der Waals surface area contributed by atoms with Crippen LogP contribution in [-0.2, 0) is 4.79 Å². The highest BCUT2D eigenvalue weighted by atomic mass is 16.2. The molecule has 0 radical (unpaired) electrons. The Morgan fingerprint density at radius 2 is 1.75 bits per heavy atom. The highest BCUT2D eigenvalue weighted by Gasteiger charge is 2.35. The van der Waals surface area contributed by atoms with Crippen LogP contribution in [0.1, 0.15) is 38.3 Å². The molecule has 1 aromatic rings. The van der Waals surface area contributed by atoms with Crippen molar-refractivity contribution in [2.45, 2.75) is 45.6 Å². The number of piperazine rings is 1. The summed E-state index contributed by atoms with van der Waals surface area (Å²) in [6.07, 6.45) is 4.08. The fraction of sp³-hybridized carbons (Fsp3) is 0.708. The third kappa shape index (κ3) is 5.34. The minimum Gasteiger partial charge on any atom is -0.353 e. The van der Waals surface area contributed by atoms with Crippen LogP contribution in [0.4, 0.5) is 10.6 Å². The van der Waals surface area contributed by atoms with Gasteiger partial charge in [-0.3, -0.25) is 9.69 Å². The second-order valence-corrected chi connectivity index (χ2v) is 9.34. The van der Waals surface area contributed by atoms with Crippen LogP contribution < -0.4 is 10.2 Å². The Morgan fingerprint density at radius 3 is 2.44 bits per heavy atom. The van der Waals surface area contributed by atoms with Gasteiger partial charge in [0.1, 0.15) is 5.82 Å². The lowest BCUT2D eigenvalue weighted by atomic mass is 9.92. The van der Waals surface area contributed by atoms with E-state index in [4.69, 9.17) is 0 Å². The smallest absolute Gasteiger partial charge is 0.317 e. The summed E-state index contributed by atoms with van der Waals surface area (Å²) in [7, 11) is 0. The molecule has 3 aliphatic heterocycles. The number of aromatic nitrogens is 1. The highest BCUT2D eigenvalue weighted by Crippen LogP contribution is 2.26. The Bertz CT molecular complexity index is 786. The molecule has 0 bridgehead atoms. The number of hydrogen-bond donors (Lipinski definition) is 1. The molecular formula is C24H38N6O2. The van der Waals surface area contributed by atoms with E-state index in [9.17, 15) is 9.59 Å². The Morgan fingerprint density at radius 1 is 1.00 bits per heavy atom. The molecule has 1 atom stereocenters. The molecule has 1 aromatic heterocycles. The number of nitrogens with zero attached hydrogens (tertiary/aromatic N) is 5. The Hall–Kier alpha value is -2.35. The van der Waals surface area contributed by atoms with Crippen LogP contribution in [0, 0.1) is 12.8 Å². The first-order valence-corrected chi connectivity index (χ1v) is 12.3. The molecule has 4 heterocycles. The topological polar surface area (TPSA) is 72.0 Å². The lowest BCUT2D eigenvalue weighted by Gasteiger charge is -2.43. The van der Waals surface area contributed by atoms with Crippen molar-refractivity contribution in [1.82, 2.24) is 25.0 Å². The van der Waals surface area contributed by atoms with E-state index in [1.54, 1.807) is 0 Å². The molecular weight excluding hydrogens is 404 g/mol. The van der Waals surface area contributed by atoms with Crippen molar-refractivity contribution in [2.24, 2.45) is 5.92 Å². The van der Waals surface area contributed by atoms with Gasteiger partial charge in [0, 0.05) is 64.1 Å². The molecule has 176 valence electrons. The van der Waals surface area contributed by atoms with Crippen LogP contribution in [0.25, 0.3) is 0 Å². The number of aryl methyl sites for hydroxylation is 1. The first kappa shape index (κ1) is 22.8. The van der Waals surface area contributed by atoms with Crippen molar-refractivity contribution < 1.29 is 9.59 Å². The van der Waals surface area contributed by atoms with Crippen LogP contribution in [0.3, 0.4) is 0 Å². The van der Waals surface area contributed by atoms with E-state index >= 15 is 0 Å². The summed E-state index contributed by atoms with van der Waals surface area (Å²) in [5.74, 6) is 1.44. The molecule has 3 saturated heterocycles. The van der Waals surface area contributed by atoms with E-state index in [0.29, 0.717) is 18.5 Å². The largest absolute Gasteiger partial charge is 0.353 e. The third-order valence-electron chi connectivity index (χ3n) is 7.19. The molecule has 1 N–H and O–H groups in total. The summed E-state index contributed by atoms with van der Waals surface area (Å²) in [5.41, 5.74) is 1.03. The lowest BCUT2D eigenvalue weighted by Crippen LogP contribution is -2.55. The van der Waals surface area contributed by atoms with Crippen molar-refractivity contribution in [1.29, 1.82) is 0 Å². The molecule has 3 aliphatic rings. The standard InChI is InChI=1S/C24H38N6O2/c1-3-25-24(32)29-12-9-21(10-13-29)30-11-5-7-20(18-30)23(31)28-16-14-27(15-17-28)22-8-4-6-19(2)26-22/h4,6,8,20-21H,3,5,7,9-18H2,1-2H3,(H,25,32). The van der Waals surface area contributed by atoms with E-state index in [1.807, 2.05) is 30.9 Å². The zero-order valence-corrected chi connectivity index (χ0v) is 19.6. The van der Waals surface area contributed by atoms with Gasteiger partial charge in [-0.25, -0.2) is 9.78 Å². The van der Waals surface area contributed by atoms with E-state index in [-0.39, 0.29) is 11.9 Å². The van der Waals surface area contributed by atoms with Crippen LogP contribution in [0.2, 0.25) is 0 Å². The van der Waals surface area contributed by atoms with Gasteiger partial charge in [-0.1, -0.05) is 6.07 Å². The molecule has 0 aromatic carbocycles. The number of rotatable bonds is 4. The number of amides is 3. The lowest BCUT2D eigenvalue weighted by molar-refractivity contribution is -0.138. The molecule has 1 unspecified atom stereocenters. The fourth-order valence-corrected chi connectivity index (χ4v) is 5.36. The molecule has 3 amide bonds. The zero-order chi connectivity index (χ0) is 22.5. The van der Waals surface area contributed by atoms with Gasteiger partial charge in [0.2, 0.25) is 5.91 Å². The van der Waals surface area contributed by atoms with Crippen LogP contribution in [0.15, 0.2) is 18.2 Å². The number of hydrogen-bond acceptors (Lipinski definition) is 5. The molecule has 8 nitrogen and oxygen atoms in total. The van der Waals surface area contributed by atoms with Gasteiger partial charge in [0.25, 0.3) is 0 Å². The summed E-state index contributed by atoms with van der Waals surface area (Å²) in [4.78, 5) is 38.8. The van der Waals surface area contributed by atoms with Crippen molar-refractivity contribution in [3.05, 3.63) is 23.9 Å². The predicted molar refractivity (Wildman–Crippen MR) is 126 cm³/mol. The number of nitrogens with one attached hydrogen (secondary N) is 1. The molecule has 0 spiro atoms. The third-order valence-corrected chi connectivity index (χ3v) is 7.19. The van der Waals surface area contributed by atoms with Crippen LogP contribution >= 0.6 is 0 Å². The van der Waals surface area contributed by atoms with E-state index < -0.39 is 0 Å². The van der Waals surface area contributed by atoms with Gasteiger partial charge in [0.15, 0.2) is 0 Å². The summed E-state index contributed by atoms with van der Waals surface area (Å²) in [6, 6.07) is 6.66. The maximum atomic E-state index is 13.3. The Kier molecular flexibility index (Phi) is 7.50. The van der Waals surface area contributed by atoms with Gasteiger partial charge in [-0.2, -0.15) is 0 Å². The van der Waals surface area contributed by atoms with Crippen molar-refractivity contribution in [2.75, 3.05) is 63.8 Å². The number of piperidine rings is 2. The van der Waals surface area contributed by atoms with Gasteiger partial charge in [0.05, 0.1) is 5.92 Å². The summed E-state index contributed by atoms with van der Waals surface area (Å²) in [5, 5.41) is 2.90. The Labute approximate surface area is 191 Å². The van der Waals surface area contributed by atoms with Gasteiger partial charge >= 0.3 is 6.03 Å². The normalized spacial score (nSPS) is 23.3. The van der Waals surface area contributed by atoms with E-state index in [1.165, 1.54) is 0 Å².